The second-order valence-electron chi connectivity index (χ2n) is 14.8. The number of aromatic hydroxyl groups is 2. The number of methoxy groups -OCH3 is 2. The summed E-state index contributed by atoms with van der Waals surface area (Å²) in [4.78, 5) is 38.6. The van der Waals surface area contributed by atoms with Gasteiger partial charge in [-0.15, -0.1) is 0 Å². The molecule has 350 valence electrons. The molecule has 2 aromatic carbocycles. The van der Waals surface area contributed by atoms with Crippen LogP contribution >= 0.6 is 0 Å². The van der Waals surface area contributed by atoms with E-state index in [1.165, 1.54) is 51.5 Å². The number of ether oxygens (including phenoxy) is 11. The fourth-order valence-corrected chi connectivity index (χ4v) is 7.20. The number of phenolic OH excluding ortho intramolecular Hbond substituents is 2. The lowest BCUT2D eigenvalue weighted by atomic mass is 9.95. The number of aliphatic hydroxyl groups excluding tert-OH is 6. The van der Waals surface area contributed by atoms with Crippen LogP contribution in [0, 0.1) is 0 Å². The Morgan fingerprint density at radius 1 is 0.651 bits per heavy atom. The van der Waals surface area contributed by atoms with Crippen LogP contribution < -0.4 is 9.47 Å². The molecule has 2 aromatic rings. The van der Waals surface area contributed by atoms with Crippen LogP contribution in [0.15, 0.2) is 42.5 Å². The van der Waals surface area contributed by atoms with Gasteiger partial charge in [-0.3, -0.25) is 9.59 Å². The lowest BCUT2D eigenvalue weighted by Gasteiger charge is -2.49. The van der Waals surface area contributed by atoms with Gasteiger partial charge in [0.2, 0.25) is 0 Å². The molecule has 0 bridgehead atoms. The number of hydrogen-bond donors (Lipinski definition) is 8. The standard InChI is InChI=1S/C41H54O22/c1-18-34(62-40-32(51)31(50)30(49)27(16-42)59-40)37(57-19(2)44)38(58-20(3)45)41(56-18)63-36-33(52)39(55-13-12-22-7-10-25(53-4)24(47)14-22)60-28(17-43)35(36)61-29(48)11-8-21-6-9-23(46)26(15-21)54-5/h6-11,14-15,18,27-28,30-43,46-47,49-52H,12-13,16-17H2,1-5H3/b11-8-/t18-,27+,28+,30+,31-,32+,33+,34-,35+,36+,37+,38+,39+,40-,41-/m0/s1. The molecule has 5 rings (SSSR count). The number of aliphatic hydroxyl groups is 6. The van der Waals surface area contributed by atoms with E-state index in [0.29, 0.717) is 11.1 Å². The van der Waals surface area contributed by atoms with Gasteiger partial charge in [0, 0.05) is 19.9 Å². The largest absolute Gasteiger partial charge is 0.504 e. The zero-order chi connectivity index (χ0) is 46.1. The summed E-state index contributed by atoms with van der Waals surface area (Å²) in [5.74, 6) is -2.79. The number of carbonyl (C=O) groups is 3. The predicted octanol–water partition coefficient (Wildman–Crippen LogP) is -1.44. The van der Waals surface area contributed by atoms with Crippen LogP contribution in [0.5, 0.6) is 23.0 Å². The van der Waals surface area contributed by atoms with Gasteiger partial charge in [0.25, 0.3) is 0 Å². The van der Waals surface area contributed by atoms with Gasteiger partial charge >= 0.3 is 17.9 Å². The number of phenols is 2. The Hall–Kier alpha value is -4.69. The quantitative estimate of drug-likeness (QED) is 0.0512. The summed E-state index contributed by atoms with van der Waals surface area (Å²) in [6.45, 7) is 1.73. The molecule has 3 aliphatic rings. The van der Waals surface area contributed by atoms with Crippen molar-refractivity contribution in [2.75, 3.05) is 34.0 Å². The minimum atomic E-state index is -1.89. The van der Waals surface area contributed by atoms with Crippen molar-refractivity contribution in [1.29, 1.82) is 0 Å². The van der Waals surface area contributed by atoms with E-state index >= 15 is 0 Å². The zero-order valence-electron chi connectivity index (χ0n) is 34.9. The van der Waals surface area contributed by atoms with Crippen LogP contribution in [0.3, 0.4) is 0 Å². The highest BCUT2D eigenvalue weighted by Gasteiger charge is 2.56. The highest BCUT2D eigenvalue weighted by molar-refractivity contribution is 5.87. The molecule has 63 heavy (non-hydrogen) atoms. The minimum absolute atomic E-state index is 0.120. The monoisotopic (exact) mass is 898 g/mol. The van der Waals surface area contributed by atoms with E-state index in [9.17, 15) is 55.2 Å². The first-order chi connectivity index (χ1) is 30.0. The van der Waals surface area contributed by atoms with Gasteiger partial charge in [-0.25, -0.2) is 4.79 Å². The highest BCUT2D eigenvalue weighted by atomic mass is 16.8. The molecule has 3 heterocycles. The molecule has 0 spiro atoms. The van der Waals surface area contributed by atoms with Crippen molar-refractivity contribution < 1.29 is 107 Å². The van der Waals surface area contributed by atoms with Gasteiger partial charge in [-0.2, -0.15) is 0 Å². The zero-order valence-corrected chi connectivity index (χ0v) is 34.9. The van der Waals surface area contributed by atoms with Crippen LogP contribution in [-0.2, 0) is 63.4 Å². The Bertz CT molecular complexity index is 1870. The smallest absolute Gasteiger partial charge is 0.331 e. The van der Waals surface area contributed by atoms with E-state index in [1.54, 1.807) is 12.1 Å². The molecule has 0 aliphatic carbocycles. The molecule has 22 nitrogen and oxygen atoms in total. The third kappa shape index (κ3) is 12.1. The lowest BCUT2D eigenvalue weighted by Crippen LogP contribution is -2.67. The summed E-state index contributed by atoms with van der Waals surface area (Å²) in [7, 11) is 2.73. The Kier molecular flexibility index (Phi) is 17.4. The van der Waals surface area contributed by atoms with E-state index in [4.69, 9.17) is 52.1 Å². The third-order valence-corrected chi connectivity index (χ3v) is 10.3. The van der Waals surface area contributed by atoms with Crippen LogP contribution in [0.4, 0.5) is 0 Å². The van der Waals surface area contributed by atoms with Gasteiger partial charge in [-0.1, -0.05) is 12.1 Å². The normalized spacial score (nSPS) is 33.3. The van der Waals surface area contributed by atoms with Gasteiger partial charge in [-0.05, 0) is 54.8 Å². The maximum absolute atomic E-state index is 13.4. The van der Waals surface area contributed by atoms with Crippen molar-refractivity contribution in [3.63, 3.8) is 0 Å². The van der Waals surface area contributed by atoms with Crippen LogP contribution in [0.2, 0.25) is 0 Å². The van der Waals surface area contributed by atoms with E-state index < -0.39 is 123 Å². The molecule has 0 saturated carbocycles. The summed E-state index contributed by atoms with van der Waals surface area (Å²) in [6.07, 6.45) is -22.2. The van der Waals surface area contributed by atoms with Crippen molar-refractivity contribution in [3.05, 3.63) is 53.6 Å². The van der Waals surface area contributed by atoms with Gasteiger partial charge in [0.1, 0.15) is 48.8 Å². The summed E-state index contributed by atoms with van der Waals surface area (Å²) >= 11 is 0. The van der Waals surface area contributed by atoms with Gasteiger partial charge < -0.3 is 93.0 Å². The van der Waals surface area contributed by atoms with E-state index in [-0.39, 0.29) is 36.0 Å². The van der Waals surface area contributed by atoms with Crippen LogP contribution in [0.25, 0.3) is 6.08 Å². The molecule has 0 aromatic heterocycles. The van der Waals surface area contributed by atoms with E-state index in [1.807, 2.05) is 0 Å². The van der Waals surface area contributed by atoms with Gasteiger partial charge in [0.15, 0.2) is 60.2 Å². The molecule has 8 N–H and O–H groups in total. The first-order valence-corrected chi connectivity index (χ1v) is 19.8. The Morgan fingerprint density at radius 2 is 1.30 bits per heavy atom. The highest BCUT2D eigenvalue weighted by Crippen LogP contribution is 2.36. The molecule has 0 radical (unpaired) electrons. The SMILES string of the molecule is COc1ccc(CCO[C@@H]2O[C@H](CO)[C@@H](OC(=O)/C=C\c3ccc(O)c(OC)c3)[C@H](O[C@@H]3O[C@@H](C)[C@H](O[C@@H]4O[C@H](CO)[C@@H](O)[C@H](O)[C@H]4O)[C@@H](OC(C)=O)[C@H]3OC(C)=O)[C@H]2O)cc1O. The minimum Gasteiger partial charge on any atom is -0.504 e. The maximum Gasteiger partial charge on any atom is 0.331 e. The van der Waals surface area contributed by atoms with Crippen LogP contribution in [-0.4, -0.2) is 185 Å². The third-order valence-electron chi connectivity index (χ3n) is 10.3. The molecule has 22 heteroatoms. The first-order valence-electron chi connectivity index (χ1n) is 19.8. The molecule has 3 saturated heterocycles. The molecule has 3 aliphatic heterocycles. The number of benzene rings is 2. The lowest BCUT2D eigenvalue weighted by molar-refractivity contribution is -0.376. The molecular weight excluding hydrogens is 844 g/mol. The number of hydrogen-bond acceptors (Lipinski definition) is 22. The van der Waals surface area contributed by atoms with E-state index in [0.717, 1.165) is 19.9 Å². The number of rotatable bonds is 17. The average molecular weight is 899 g/mol. The molecule has 15 atom stereocenters. The Labute approximate surface area is 360 Å². The van der Waals surface area contributed by atoms with Crippen molar-refractivity contribution in [3.8, 4) is 23.0 Å². The molecule has 0 unspecified atom stereocenters. The van der Waals surface area contributed by atoms with Crippen molar-refractivity contribution >= 4 is 24.0 Å². The predicted molar refractivity (Wildman–Crippen MR) is 209 cm³/mol. The average Bonchev–Trinajstić information content (AvgIpc) is 3.24. The van der Waals surface area contributed by atoms with Crippen molar-refractivity contribution in [1.82, 2.24) is 0 Å². The first kappa shape index (κ1) is 49.3. The summed E-state index contributed by atoms with van der Waals surface area (Å²) < 4.78 is 62.8. The second kappa shape index (κ2) is 22.3. The summed E-state index contributed by atoms with van der Waals surface area (Å²) in [6, 6.07) is 8.93. The molecule has 3 fully saturated rings. The fourth-order valence-electron chi connectivity index (χ4n) is 7.20. The topological polar surface area (TPSA) is 315 Å². The number of esters is 3. The number of carbonyl (C=O) groups excluding carboxylic acids is 3. The van der Waals surface area contributed by atoms with Gasteiger partial charge in [0.05, 0.1) is 40.1 Å². The Morgan fingerprint density at radius 3 is 1.94 bits per heavy atom. The van der Waals surface area contributed by atoms with Crippen LogP contribution in [0.1, 0.15) is 31.9 Å². The fraction of sp³-hybridized carbons (Fsp3) is 0.585. The molecular formula is C41H54O22. The van der Waals surface area contributed by atoms with Crippen molar-refractivity contribution in [2.24, 2.45) is 0 Å². The molecule has 0 amide bonds. The van der Waals surface area contributed by atoms with Crippen molar-refractivity contribution in [2.45, 2.75) is 119 Å². The maximum atomic E-state index is 13.4. The summed E-state index contributed by atoms with van der Waals surface area (Å²) in [5, 5.41) is 83.7. The second-order valence-corrected chi connectivity index (χ2v) is 14.8. The van der Waals surface area contributed by atoms with E-state index in [2.05, 4.69) is 0 Å². The summed E-state index contributed by atoms with van der Waals surface area (Å²) in [5.41, 5.74) is 1.03. The Balaban J connectivity index is 1.45.